The molecule has 2 atom stereocenters. The second kappa shape index (κ2) is 8.15. The van der Waals surface area contributed by atoms with Crippen molar-refractivity contribution in [1.29, 1.82) is 0 Å². The van der Waals surface area contributed by atoms with E-state index in [9.17, 15) is 8.42 Å². The summed E-state index contributed by atoms with van der Waals surface area (Å²) in [6.45, 7) is 8.63. The summed E-state index contributed by atoms with van der Waals surface area (Å²) in [5, 5.41) is -0.212. The number of aromatic nitrogens is 1. The molecule has 1 unspecified atom stereocenters. The topological polar surface area (TPSA) is 62.3 Å². The van der Waals surface area contributed by atoms with Crippen LogP contribution < -0.4 is 9.62 Å². The van der Waals surface area contributed by atoms with E-state index in [0.29, 0.717) is 5.69 Å². The lowest BCUT2D eigenvalue weighted by atomic mass is 9.91. The average molecular weight is 380 g/mol. The lowest BCUT2D eigenvalue weighted by Crippen LogP contribution is -2.22. The number of aryl methyl sites for hydroxylation is 1. The van der Waals surface area contributed by atoms with Gasteiger partial charge in [-0.3, -0.25) is 4.72 Å². The summed E-state index contributed by atoms with van der Waals surface area (Å²) in [6, 6.07) is 3.83. The molecule has 2 fully saturated rings. The number of anilines is 2. The quantitative estimate of drug-likeness (QED) is 0.693. The molecule has 1 N–H and O–H groups in total. The van der Waals surface area contributed by atoms with Gasteiger partial charge in [-0.2, -0.15) is 0 Å². The van der Waals surface area contributed by atoms with Gasteiger partial charge in [0.15, 0.2) is 0 Å². The van der Waals surface area contributed by atoms with Crippen LogP contribution in [-0.2, 0) is 10.0 Å². The molecule has 0 spiro atoms. The van der Waals surface area contributed by atoms with Crippen LogP contribution in [0.2, 0.25) is 0 Å². The summed E-state index contributed by atoms with van der Waals surface area (Å²) in [7, 11) is -3.23. The molecule has 1 aromatic rings. The van der Waals surface area contributed by atoms with Gasteiger partial charge in [0.1, 0.15) is 5.82 Å². The van der Waals surface area contributed by atoms with Crippen LogP contribution in [0.4, 0.5) is 11.5 Å². The van der Waals surface area contributed by atoms with Crippen LogP contribution in [0, 0.1) is 18.8 Å². The Kier molecular flexibility index (Phi) is 6.10. The zero-order valence-corrected chi connectivity index (χ0v) is 17.2. The van der Waals surface area contributed by atoms with E-state index in [1.54, 1.807) is 0 Å². The third-order valence-corrected chi connectivity index (χ3v) is 7.54. The zero-order valence-electron chi connectivity index (χ0n) is 16.4. The first-order valence-corrected chi connectivity index (χ1v) is 11.7. The van der Waals surface area contributed by atoms with Crippen molar-refractivity contribution in [3.05, 3.63) is 17.8 Å². The number of rotatable bonds is 9. The minimum atomic E-state index is -3.23. The lowest BCUT2D eigenvalue weighted by Gasteiger charge is -2.20. The summed E-state index contributed by atoms with van der Waals surface area (Å²) < 4.78 is 27.0. The highest BCUT2D eigenvalue weighted by atomic mass is 32.2. The smallest absolute Gasteiger partial charge is 0.235 e. The Labute approximate surface area is 158 Å². The van der Waals surface area contributed by atoms with Crippen molar-refractivity contribution in [2.24, 2.45) is 11.8 Å². The van der Waals surface area contributed by atoms with Gasteiger partial charge in [0, 0.05) is 13.1 Å². The number of hydrogen-bond donors (Lipinski definition) is 1. The van der Waals surface area contributed by atoms with Crippen LogP contribution in [0.1, 0.15) is 64.5 Å². The van der Waals surface area contributed by atoms with Gasteiger partial charge in [0.25, 0.3) is 0 Å². The first kappa shape index (κ1) is 19.5. The first-order valence-electron chi connectivity index (χ1n) is 10.1. The number of sulfonamides is 1. The van der Waals surface area contributed by atoms with Crippen LogP contribution in [0.15, 0.2) is 12.1 Å². The molecule has 146 valence electrons. The van der Waals surface area contributed by atoms with Crippen molar-refractivity contribution in [2.45, 2.75) is 71.0 Å². The van der Waals surface area contributed by atoms with E-state index in [1.165, 1.54) is 32.1 Å². The summed E-state index contributed by atoms with van der Waals surface area (Å²) in [4.78, 5) is 7.03. The highest BCUT2D eigenvalue weighted by Crippen LogP contribution is 2.32. The molecular weight excluding hydrogens is 346 g/mol. The number of hydrogen-bond acceptors (Lipinski definition) is 4. The van der Waals surface area contributed by atoms with Crippen molar-refractivity contribution < 1.29 is 8.42 Å². The monoisotopic (exact) mass is 379 g/mol. The molecule has 2 aliphatic rings. The van der Waals surface area contributed by atoms with E-state index in [2.05, 4.69) is 28.5 Å². The molecule has 1 aliphatic heterocycles. The van der Waals surface area contributed by atoms with Crippen molar-refractivity contribution in [3.63, 3.8) is 0 Å². The maximum Gasteiger partial charge on any atom is 0.235 e. The van der Waals surface area contributed by atoms with Gasteiger partial charge in [-0.05, 0) is 56.6 Å². The predicted molar refractivity (Wildman–Crippen MR) is 108 cm³/mol. The number of unbranched alkanes of at least 4 members (excludes halogenated alkanes) is 1. The molecular formula is C20H33N3O2S. The van der Waals surface area contributed by atoms with E-state index < -0.39 is 10.0 Å². The fraction of sp³-hybridized carbons (Fsp3) is 0.750. The predicted octanol–water partition coefficient (Wildman–Crippen LogP) is 4.34. The third-order valence-electron chi connectivity index (χ3n) is 5.68. The van der Waals surface area contributed by atoms with Gasteiger partial charge in [-0.15, -0.1) is 0 Å². The van der Waals surface area contributed by atoms with Gasteiger partial charge in [-0.25, -0.2) is 13.4 Å². The van der Waals surface area contributed by atoms with Gasteiger partial charge in [0.2, 0.25) is 10.0 Å². The van der Waals surface area contributed by atoms with Crippen molar-refractivity contribution in [1.82, 2.24) is 4.98 Å². The minimum Gasteiger partial charge on any atom is -0.356 e. The Morgan fingerprint density at radius 2 is 2.08 bits per heavy atom. The molecule has 5 nitrogen and oxygen atoms in total. The molecule has 1 aliphatic carbocycles. The molecule has 1 saturated carbocycles. The molecule has 0 amide bonds. The highest BCUT2D eigenvalue weighted by molar-refractivity contribution is 7.93. The van der Waals surface area contributed by atoms with E-state index in [-0.39, 0.29) is 5.25 Å². The van der Waals surface area contributed by atoms with Gasteiger partial charge in [-0.1, -0.05) is 33.1 Å². The minimum absolute atomic E-state index is 0.212. The number of nitrogens with zero attached hydrogens (tertiary/aromatic N) is 2. The van der Waals surface area contributed by atoms with Crippen molar-refractivity contribution >= 4 is 21.5 Å². The fourth-order valence-corrected chi connectivity index (χ4v) is 5.36. The van der Waals surface area contributed by atoms with Crippen LogP contribution in [0.3, 0.4) is 0 Å². The van der Waals surface area contributed by atoms with Crippen molar-refractivity contribution in [3.8, 4) is 0 Å². The van der Waals surface area contributed by atoms with Gasteiger partial charge < -0.3 is 4.90 Å². The van der Waals surface area contributed by atoms with E-state index >= 15 is 0 Å². The Hall–Kier alpha value is -1.30. The van der Waals surface area contributed by atoms with Crippen molar-refractivity contribution in [2.75, 3.05) is 22.7 Å². The molecule has 26 heavy (non-hydrogen) atoms. The fourth-order valence-electron chi connectivity index (χ4n) is 3.92. The molecule has 1 aromatic heterocycles. The number of pyridine rings is 1. The number of nitrogens with one attached hydrogen (secondary N) is 1. The molecule has 2 heterocycles. The molecule has 1 saturated heterocycles. The Morgan fingerprint density at radius 3 is 2.73 bits per heavy atom. The third kappa shape index (κ3) is 4.90. The van der Waals surface area contributed by atoms with E-state index in [1.807, 2.05) is 19.1 Å². The molecule has 6 heteroatoms. The van der Waals surface area contributed by atoms with E-state index in [4.69, 9.17) is 0 Å². The first-order chi connectivity index (χ1) is 12.4. The second-order valence-corrected chi connectivity index (χ2v) is 10.2. The van der Waals surface area contributed by atoms with E-state index in [0.717, 1.165) is 49.3 Å². The zero-order chi connectivity index (χ0) is 18.7. The van der Waals surface area contributed by atoms with Crippen LogP contribution in [0.25, 0.3) is 0 Å². The summed E-state index contributed by atoms with van der Waals surface area (Å²) in [5.74, 6) is 2.52. The molecule has 0 radical (unpaired) electrons. The summed E-state index contributed by atoms with van der Waals surface area (Å²) in [6.07, 6.45) is 8.01. The standard InChI is InChI=1S/C20H33N3O2S/c1-4-5-6-15(2)13-17-11-12-23(14-17)20-10-9-19(16(3)21-20)22-26(24,25)18-7-8-18/h9-10,15,17-18,22H,4-8,11-14H2,1-3H3/t15-,17?/m0/s1. The highest BCUT2D eigenvalue weighted by Gasteiger charge is 2.36. The molecule has 3 rings (SSSR count). The van der Waals surface area contributed by atoms with Crippen LogP contribution in [0.5, 0.6) is 0 Å². The second-order valence-electron chi connectivity index (χ2n) is 8.23. The van der Waals surface area contributed by atoms with Crippen LogP contribution in [-0.4, -0.2) is 31.7 Å². The maximum absolute atomic E-state index is 12.1. The molecule has 0 aromatic carbocycles. The summed E-state index contributed by atoms with van der Waals surface area (Å²) in [5.41, 5.74) is 1.37. The Balaban J connectivity index is 1.57. The Bertz CT molecular complexity index is 716. The molecule has 0 bridgehead atoms. The Morgan fingerprint density at radius 1 is 1.31 bits per heavy atom. The lowest BCUT2D eigenvalue weighted by molar-refractivity contribution is 0.387. The maximum atomic E-state index is 12.1. The largest absolute Gasteiger partial charge is 0.356 e. The van der Waals surface area contributed by atoms with Crippen LogP contribution >= 0.6 is 0 Å². The van der Waals surface area contributed by atoms with Gasteiger partial charge >= 0.3 is 0 Å². The average Bonchev–Trinajstić information content (AvgIpc) is 3.36. The normalized spacial score (nSPS) is 21.8. The SMILES string of the molecule is CCCC[C@H](C)CC1CCN(c2ccc(NS(=O)(=O)C3CC3)c(C)n2)C1. The summed E-state index contributed by atoms with van der Waals surface area (Å²) >= 11 is 0. The van der Waals surface area contributed by atoms with Gasteiger partial charge in [0.05, 0.1) is 16.6 Å².